The summed E-state index contributed by atoms with van der Waals surface area (Å²) in [6, 6.07) is 2.98. The molecule has 5 nitrogen and oxygen atoms in total. The second-order valence-corrected chi connectivity index (χ2v) is 4.14. The van der Waals surface area contributed by atoms with E-state index in [2.05, 4.69) is 10.3 Å². The predicted octanol–water partition coefficient (Wildman–Crippen LogP) is 1.59. The fraction of sp³-hybridized carbons (Fsp3) is 0.385. The minimum atomic E-state index is -0.537. The van der Waals surface area contributed by atoms with E-state index in [4.69, 9.17) is 11.5 Å². The van der Waals surface area contributed by atoms with E-state index < -0.39 is 6.04 Å². The number of aromatic nitrogens is 1. The van der Waals surface area contributed by atoms with Gasteiger partial charge in [0.05, 0.1) is 6.04 Å². The summed E-state index contributed by atoms with van der Waals surface area (Å²) < 4.78 is 0. The van der Waals surface area contributed by atoms with Crippen LogP contribution >= 0.6 is 0 Å². The van der Waals surface area contributed by atoms with Crippen molar-refractivity contribution in [2.24, 2.45) is 5.73 Å². The Hall–Kier alpha value is -1.88. The number of hydrogen-bond donors (Lipinski definition) is 3. The molecule has 0 radical (unpaired) electrons. The smallest absolute Gasteiger partial charge is 0.242 e. The molecule has 5 heteroatoms. The predicted molar refractivity (Wildman–Crippen MR) is 74.0 cm³/mol. The van der Waals surface area contributed by atoms with Gasteiger partial charge in [-0.1, -0.05) is 18.2 Å². The van der Waals surface area contributed by atoms with Crippen molar-refractivity contribution < 1.29 is 4.79 Å². The zero-order valence-electron chi connectivity index (χ0n) is 10.8. The van der Waals surface area contributed by atoms with Crippen molar-refractivity contribution in [1.29, 1.82) is 0 Å². The van der Waals surface area contributed by atoms with E-state index in [0.717, 1.165) is 12.0 Å². The number of carbonyl (C=O) groups excluding carboxylic acids is 1. The van der Waals surface area contributed by atoms with Gasteiger partial charge in [0.1, 0.15) is 11.6 Å². The Bertz CT molecular complexity index is 443. The van der Waals surface area contributed by atoms with Crippen LogP contribution in [0, 0.1) is 6.92 Å². The summed E-state index contributed by atoms with van der Waals surface area (Å²) >= 11 is 0. The SMILES string of the molecule is C/C=C/CC[C@H](N)C(=O)Nc1ccc(C)c(N)n1. The molecule has 0 aliphatic rings. The third-order valence-electron chi connectivity index (χ3n) is 2.60. The summed E-state index contributed by atoms with van der Waals surface area (Å²) in [7, 11) is 0. The third kappa shape index (κ3) is 4.18. The number of pyridine rings is 1. The number of aryl methyl sites for hydroxylation is 1. The number of amides is 1. The lowest BCUT2D eigenvalue weighted by Crippen LogP contribution is -2.35. The Morgan fingerprint density at radius 2 is 2.28 bits per heavy atom. The molecule has 0 aliphatic carbocycles. The van der Waals surface area contributed by atoms with Gasteiger partial charge >= 0.3 is 0 Å². The van der Waals surface area contributed by atoms with Crippen LogP contribution in [0.2, 0.25) is 0 Å². The van der Waals surface area contributed by atoms with E-state index in [1.165, 1.54) is 0 Å². The molecule has 0 aromatic carbocycles. The van der Waals surface area contributed by atoms with Gasteiger partial charge < -0.3 is 16.8 Å². The first-order chi connectivity index (χ1) is 8.54. The lowest BCUT2D eigenvalue weighted by atomic mass is 10.1. The summed E-state index contributed by atoms with van der Waals surface area (Å²) in [4.78, 5) is 15.8. The van der Waals surface area contributed by atoms with Crippen LogP contribution in [0.25, 0.3) is 0 Å². The first kappa shape index (κ1) is 14.2. The molecule has 0 aliphatic heterocycles. The Morgan fingerprint density at radius 3 is 2.89 bits per heavy atom. The van der Waals surface area contributed by atoms with E-state index >= 15 is 0 Å². The number of nitrogens with one attached hydrogen (secondary N) is 1. The van der Waals surface area contributed by atoms with Gasteiger partial charge in [0.2, 0.25) is 5.91 Å². The van der Waals surface area contributed by atoms with Crippen molar-refractivity contribution in [2.75, 3.05) is 11.1 Å². The molecular formula is C13H20N4O. The van der Waals surface area contributed by atoms with Crippen LogP contribution in [0.5, 0.6) is 0 Å². The van der Waals surface area contributed by atoms with Crippen molar-refractivity contribution in [3.05, 3.63) is 29.8 Å². The molecule has 18 heavy (non-hydrogen) atoms. The molecule has 0 saturated heterocycles. The summed E-state index contributed by atoms with van der Waals surface area (Å²) in [5, 5.41) is 2.66. The van der Waals surface area contributed by atoms with Crippen LogP contribution in [-0.4, -0.2) is 16.9 Å². The summed E-state index contributed by atoms with van der Waals surface area (Å²) in [5.74, 6) is 0.607. The number of carbonyl (C=O) groups is 1. The van der Waals surface area contributed by atoms with Crippen molar-refractivity contribution in [1.82, 2.24) is 4.98 Å². The highest BCUT2D eigenvalue weighted by Gasteiger charge is 2.13. The average Bonchev–Trinajstić information content (AvgIpc) is 2.34. The van der Waals surface area contributed by atoms with Crippen molar-refractivity contribution >= 4 is 17.5 Å². The molecule has 1 aromatic heterocycles. The fourth-order valence-corrected chi connectivity index (χ4v) is 1.41. The Labute approximate surface area is 107 Å². The van der Waals surface area contributed by atoms with E-state index in [1.54, 1.807) is 6.07 Å². The number of nitrogens with zero attached hydrogens (tertiary/aromatic N) is 1. The van der Waals surface area contributed by atoms with Crippen molar-refractivity contribution in [2.45, 2.75) is 32.7 Å². The number of hydrogen-bond acceptors (Lipinski definition) is 4. The van der Waals surface area contributed by atoms with Crippen LogP contribution in [0.4, 0.5) is 11.6 Å². The second-order valence-electron chi connectivity index (χ2n) is 4.14. The first-order valence-corrected chi connectivity index (χ1v) is 5.95. The largest absolute Gasteiger partial charge is 0.383 e. The molecule has 0 fully saturated rings. The van der Waals surface area contributed by atoms with Gasteiger partial charge in [0.15, 0.2) is 0 Å². The monoisotopic (exact) mass is 248 g/mol. The zero-order chi connectivity index (χ0) is 13.5. The number of nitrogens with two attached hydrogens (primary N) is 2. The van der Waals surface area contributed by atoms with Gasteiger partial charge in [0, 0.05) is 0 Å². The number of rotatable bonds is 5. The molecule has 1 rings (SSSR count). The minimum absolute atomic E-state index is 0.241. The van der Waals surface area contributed by atoms with Crippen LogP contribution in [-0.2, 0) is 4.79 Å². The van der Waals surface area contributed by atoms with Gasteiger partial charge in [-0.05, 0) is 38.3 Å². The van der Waals surface area contributed by atoms with Gasteiger partial charge in [-0.2, -0.15) is 0 Å². The number of anilines is 2. The Morgan fingerprint density at radius 1 is 1.56 bits per heavy atom. The lowest BCUT2D eigenvalue weighted by molar-refractivity contribution is -0.117. The summed E-state index contributed by atoms with van der Waals surface area (Å²) in [6.07, 6.45) is 5.31. The van der Waals surface area contributed by atoms with Crippen LogP contribution in [0.15, 0.2) is 24.3 Å². The van der Waals surface area contributed by atoms with Crippen LogP contribution in [0.3, 0.4) is 0 Å². The van der Waals surface area contributed by atoms with Crippen LogP contribution in [0.1, 0.15) is 25.3 Å². The zero-order valence-corrected chi connectivity index (χ0v) is 10.8. The molecule has 1 heterocycles. The topological polar surface area (TPSA) is 94.0 Å². The van der Waals surface area contributed by atoms with Crippen LogP contribution < -0.4 is 16.8 Å². The highest BCUT2D eigenvalue weighted by molar-refractivity contribution is 5.94. The van der Waals surface area contributed by atoms with E-state index in [-0.39, 0.29) is 5.91 Å². The summed E-state index contributed by atoms with van der Waals surface area (Å²) in [5.41, 5.74) is 12.3. The first-order valence-electron chi connectivity index (χ1n) is 5.95. The van der Waals surface area contributed by atoms with Gasteiger partial charge in [0.25, 0.3) is 0 Å². The summed E-state index contributed by atoms with van der Waals surface area (Å²) in [6.45, 7) is 3.79. The Balaban J connectivity index is 2.55. The van der Waals surface area contributed by atoms with E-state index in [9.17, 15) is 4.79 Å². The normalized spacial score (nSPS) is 12.6. The Kier molecular flexibility index (Phi) is 5.32. The maximum atomic E-state index is 11.8. The van der Waals surface area contributed by atoms with Gasteiger partial charge in [-0.15, -0.1) is 0 Å². The van der Waals surface area contributed by atoms with Gasteiger partial charge in [-0.3, -0.25) is 4.79 Å². The molecule has 0 saturated carbocycles. The molecule has 5 N–H and O–H groups in total. The molecule has 1 aromatic rings. The molecule has 0 spiro atoms. The third-order valence-corrected chi connectivity index (χ3v) is 2.60. The molecule has 0 unspecified atom stereocenters. The highest BCUT2D eigenvalue weighted by Crippen LogP contribution is 2.12. The average molecular weight is 248 g/mol. The number of nitrogen functional groups attached to an aromatic ring is 1. The molecule has 0 bridgehead atoms. The lowest BCUT2D eigenvalue weighted by Gasteiger charge is -2.11. The van der Waals surface area contributed by atoms with E-state index in [0.29, 0.717) is 18.1 Å². The standard InChI is InChI=1S/C13H20N4O/c1-3-4-5-6-10(14)13(18)17-11-8-7-9(2)12(15)16-11/h3-4,7-8,10H,5-6,14H2,1-2H3,(H3,15,16,17,18)/b4-3+/t10-/m0/s1. The molecule has 98 valence electrons. The number of allylic oxidation sites excluding steroid dienone is 2. The van der Waals surface area contributed by atoms with Crippen molar-refractivity contribution in [3.8, 4) is 0 Å². The molecule has 1 amide bonds. The maximum absolute atomic E-state index is 11.8. The van der Waals surface area contributed by atoms with Crippen molar-refractivity contribution in [3.63, 3.8) is 0 Å². The second kappa shape index (κ2) is 6.76. The molecular weight excluding hydrogens is 228 g/mol. The maximum Gasteiger partial charge on any atom is 0.242 e. The quantitative estimate of drug-likeness (QED) is 0.690. The van der Waals surface area contributed by atoms with Gasteiger partial charge in [-0.25, -0.2) is 4.98 Å². The van der Waals surface area contributed by atoms with E-state index in [1.807, 2.05) is 32.1 Å². The fourth-order valence-electron chi connectivity index (χ4n) is 1.41. The molecule has 1 atom stereocenters. The highest BCUT2D eigenvalue weighted by atomic mass is 16.2. The minimum Gasteiger partial charge on any atom is -0.383 e.